The number of amides is 1. The van der Waals surface area contributed by atoms with Crippen LogP contribution in [-0.4, -0.2) is 32.8 Å². The Labute approximate surface area is 141 Å². The average molecular weight is 331 g/mol. The van der Waals surface area contributed by atoms with E-state index >= 15 is 0 Å². The molecule has 0 aliphatic heterocycles. The summed E-state index contributed by atoms with van der Waals surface area (Å²) in [7, 11) is 0. The van der Waals surface area contributed by atoms with Crippen LogP contribution < -0.4 is 5.32 Å². The molecule has 0 radical (unpaired) electrons. The second-order valence-electron chi connectivity index (χ2n) is 7.05. The maximum atomic E-state index is 12.7. The number of benzene rings is 1. The van der Waals surface area contributed by atoms with Crippen LogP contribution in [0, 0.1) is 5.41 Å². The lowest BCUT2D eigenvalue weighted by Gasteiger charge is -2.27. The van der Waals surface area contributed by atoms with Gasteiger partial charge in [0.2, 0.25) is 0 Å². The zero-order valence-electron chi connectivity index (χ0n) is 14.7. The number of carbonyl (C=O) groups is 2. The normalized spacial score (nSPS) is 13.0. The van der Waals surface area contributed by atoms with Crippen molar-refractivity contribution in [3.05, 3.63) is 30.0 Å². The van der Waals surface area contributed by atoms with Crippen LogP contribution in [0.2, 0.25) is 0 Å². The molecule has 130 valence electrons. The minimum absolute atomic E-state index is 0.275. The number of nitrogens with zero attached hydrogens (tertiary/aromatic N) is 2. The molecule has 0 saturated heterocycles. The number of carbonyl (C=O) groups excluding carboxylic acids is 1. The van der Waals surface area contributed by atoms with Gasteiger partial charge in [-0.2, -0.15) is 5.10 Å². The third-order valence-corrected chi connectivity index (χ3v) is 3.98. The minimum atomic E-state index is -1.05. The Morgan fingerprint density at radius 1 is 1.29 bits per heavy atom. The molecule has 0 bridgehead atoms. The van der Waals surface area contributed by atoms with E-state index in [0.29, 0.717) is 0 Å². The van der Waals surface area contributed by atoms with E-state index in [9.17, 15) is 14.7 Å². The van der Waals surface area contributed by atoms with Gasteiger partial charge in [0.05, 0.1) is 5.52 Å². The summed E-state index contributed by atoms with van der Waals surface area (Å²) in [6.07, 6.45) is 1.99. The van der Waals surface area contributed by atoms with Gasteiger partial charge < -0.3 is 10.4 Å². The maximum absolute atomic E-state index is 12.7. The first-order valence-electron chi connectivity index (χ1n) is 8.25. The molecule has 0 saturated carbocycles. The number of hydrogen-bond acceptors (Lipinski definition) is 3. The van der Waals surface area contributed by atoms with Gasteiger partial charge in [0.25, 0.3) is 5.91 Å². The molecule has 2 N–H and O–H groups in total. The first kappa shape index (κ1) is 18.0. The highest BCUT2D eigenvalue weighted by Gasteiger charge is 2.33. The molecule has 6 nitrogen and oxygen atoms in total. The van der Waals surface area contributed by atoms with E-state index in [0.717, 1.165) is 30.3 Å². The number of para-hydroxylation sites is 1. The van der Waals surface area contributed by atoms with Crippen LogP contribution >= 0.6 is 0 Å². The number of unbranched alkanes of at least 4 members (excludes halogenated alkanes) is 1. The van der Waals surface area contributed by atoms with Gasteiger partial charge in [0.1, 0.15) is 6.04 Å². The summed E-state index contributed by atoms with van der Waals surface area (Å²) in [6, 6.07) is 6.54. The zero-order valence-corrected chi connectivity index (χ0v) is 14.7. The van der Waals surface area contributed by atoms with E-state index in [-0.39, 0.29) is 5.69 Å². The summed E-state index contributed by atoms with van der Waals surface area (Å²) in [5.74, 6) is -1.51. The molecule has 0 spiro atoms. The highest BCUT2D eigenvalue weighted by atomic mass is 16.4. The number of carboxylic acids is 1. The standard InChI is InChI=1S/C18H25N3O3/c1-5-6-11-21-13-10-8-7-9-12(13)14(20-21)16(22)19-15(17(23)24)18(2,3)4/h7-10,15H,5-6,11H2,1-4H3,(H,19,22)(H,23,24). The molecule has 0 fully saturated rings. The number of rotatable bonds is 6. The van der Waals surface area contributed by atoms with Crippen LogP contribution in [0.25, 0.3) is 10.9 Å². The zero-order chi connectivity index (χ0) is 17.9. The summed E-state index contributed by atoms with van der Waals surface area (Å²) in [5, 5.41) is 17.2. The first-order chi connectivity index (χ1) is 11.3. The fourth-order valence-electron chi connectivity index (χ4n) is 2.62. The second kappa shape index (κ2) is 7.03. The molecule has 0 aliphatic carbocycles. The molecule has 24 heavy (non-hydrogen) atoms. The van der Waals surface area contributed by atoms with Gasteiger partial charge in [-0.3, -0.25) is 9.48 Å². The number of carboxylic acid groups (broad SMARTS) is 1. The fraction of sp³-hybridized carbons (Fsp3) is 0.500. The van der Waals surface area contributed by atoms with Crippen molar-refractivity contribution in [3.8, 4) is 0 Å². The average Bonchev–Trinajstić information content (AvgIpc) is 2.88. The molecule has 1 heterocycles. The van der Waals surface area contributed by atoms with E-state index in [1.807, 2.05) is 28.9 Å². The van der Waals surface area contributed by atoms with Crippen LogP contribution in [0.3, 0.4) is 0 Å². The molecule has 1 atom stereocenters. The van der Waals surface area contributed by atoms with Crippen molar-refractivity contribution in [2.75, 3.05) is 0 Å². The Balaban J connectivity index is 2.37. The quantitative estimate of drug-likeness (QED) is 0.852. The molecule has 6 heteroatoms. The summed E-state index contributed by atoms with van der Waals surface area (Å²) in [5.41, 5.74) is 0.568. The van der Waals surface area contributed by atoms with Crippen molar-refractivity contribution in [3.63, 3.8) is 0 Å². The molecule has 1 amide bonds. The van der Waals surface area contributed by atoms with E-state index in [1.165, 1.54) is 0 Å². The number of hydrogen-bond donors (Lipinski definition) is 2. The van der Waals surface area contributed by atoms with E-state index in [2.05, 4.69) is 17.3 Å². The Hall–Kier alpha value is -2.37. The third-order valence-electron chi connectivity index (χ3n) is 3.98. The molecule has 1 unspecified atom stereocenters. The number of aromatic nitrogens is 2. The largest absolute Gasteiger partial charge is 0.480 e. The van der Waals surface area contributed by atoms with Crippen LogP contribution in [0.15, 0.2) is 24.3 Å². The first-order valence-corrected chi connectivity index (χ1v) is 8.25. The highest BCUT2D eigenvalue weighted by Crippen LogP contribution is 2.22. The van der Waals surface area contributed by atoms with Crippen molar-refractivity contribution in [2.45, 2.75) is 53.1 Å². The van der Waals surface area contributed by atoms with E-state index < -0.39 is 23.3 Å². The molecule has 0 aliphatic rings. The molecule has 1 aromatic carbocycles. The summed E-state index contributed by atoms with van der Waals surface area (Å²) in [6.45, 7) is 8.17. The molecule has 2 aromatic rings. The van der Waals surface area contributed by atoms with Crippen LogP contribution in [0.4, 0.5) is 0 Å². The SMILES string of the molecule is CCCCn1nc(C(=O)NC(C(=O)O)C(C)(C)C)c2ccccc21. The number of nitrogens with one attached hydrogen (secondary N) is 1. The lowest BCUT2D eigenvalue weighted by molar-refractivity contribution is -0.142. The second-order valence-corrected chi connectivity index (χ2v) is 7.05. The Kier molecular flexibility index (Phi) is 5.26. The van der Waals surface area contributed by atoms with E-state index in [1.54, 1.807) is 20.8 Å². The molecular weight excluding hydrogens is 306 g/mol. The van der Waals surface area contributed by atoms with Gasteiger partial charge in [-0.05, 0) is 17.9 Å². The van der Waals surface area contributed by atoms with Gasteiger partial charge in [0.15, 0.2) is 5.69 Å². The third kappa shape index (κ3) is 3.75. The maximum Gasteiger partial charge on any atom is 0.326 e. The van der Waals surface area contributed by atoms with E-state index in [4.69, 9.17) is 0 Å². The number of aryl methyl sites for hydroxylation is 1. The van der Waals surface area contributed by atoms with Crippen molar-refractivity contribution >= 4 is 22.8 Å². The predicted molar refractivity (Wildman–Crippen MR) is 93.0 cm³/mol. The van der Waals surface area contributed by atoms with Crippen LogP contribution in [0.1, 0.15) is 51.0 Å². The van der Waals surface area contributed by atoms with Gasteiger partial charge in [-0.15, -0.1) is 0 Å². The van der Waals surface area contributed by atoms with Crippen molar-refractivity contribution < 1.29 is 14.7 Å². The van der Waals surface area contributed by atoms with Crippen molar-refractivity contribution in [2.24, 2.45) is 5.41 Å². The Morgan fingerprint density at radius 2 is 1.96 bits per heavy atom. The molecule has 2 rings (SSSR count). The molecular formula is C18H25N3O3. The minimum Gasteiger partial charge on any atom is -0.480 e. The Bertz CT molecular complexity index is 744. The number of fused-ring (bicyclic) bond motifs is 1. The number of aliphatic carboxylic acids is 1. The monoisotopic (exact) mass is 331 g/mol. The van der Waals surface area contributed by atoms with Gasteiger partial charge in [0, 0.05) is 11.9 Å². The predicted octanol–water partition coefficient (Wildman–Crippen LogP) is 3.07. The molecule has 1 aromatic heterocycles. The lowest BCUT2D eigenvalue weighted by atomic mass is 9.86. The fourth-order valence-corrected chi connectivity index (χ4v) is 2.62. The van der Waals surface area contributed by atoms with Crippen LogP contribution in [0.5, 0.6) is 0 Å². The highest BCUT2D eigenvalue weighted by molar-refractivity contribution is 6.05. The van der Waals surface area contributed by atoms with Gasteiger partial charge in [-0.1, -0.05) is 52.3 Å². The van der Waals surface area contributed by atoms with Gasteiger partial charge >= 0.3 is 5.97 Å². The van der Waals surface area contributed by atoms with Gasteiger partial charge in [-0.25, -0.2) is 4.79 Å². The summed E-state index contributed by atoms with van der Waals surface area (Å²) in [4.78, 5) is 24.1. The van der Waals surface area contributed by atoms with Crippen LogP contribution in [-0.2, 0) is 11.3 Å². The Morgan fingerprint density at radius 3 is 2.54 bits per heavy atom. The lowest BCUT2D eigenvalue weighted by Crippen LogP contribution is -2.49. The summed E-state index contributed by atoms with van der Waals surface area (Å²) < 4.78 is 1.82. The topological polar surface area (TPSA) is 84.2 Å². The smallest absolute Gasteiger partial charge is 0.326 e. The van der Waals surface area contributed by atoms with Crippen molar-refractivity contribution in [1.29, 1.82) is 0 Å². The summed E-state index contributed by atoms with van der Waals surface area (Å²) >= 11 is 0. The van der Waals surface area contributed by atoms with Crippen molar-refractivity contribution in [1.82, 2.24) is 15.1 Å².